The molecule has 0 saturated carbocycles. The van der Waals surface area contributed by atoms with Gasteiger partial charge < -0.3 is 35.3 Å². The van der Waals surface area contributed by atoms with E-state index in [2.05, 4.69) is 253 Å². The number of benzene rings is 13. The van der Waals surface area contributed by atoms with Gasteiger partial charge in [0, 0.05) is 35.5 Å². The molecule has 0 amide bonds. The van der Waals surface area contributed by atoms with E-state index in [4.69, 9.17) is 0 Å². The highest BCUT2D eigenvalue weighted by molar-refractivity contribution is 5.96. The maximum atomic E-state index is 11.0. The lowest BCUT2D eigenvalue weighted by Gasteiger charge is -2.34. The van der Waals surface area contributed by atoms with Gasteiger partial charge in [-0.2, -0.15) is 0 Å². The Labute approximate surface area is 511 Å². The number of fused-ring (bicyclic) bond motifs is 13. The zero-order chi connectivity index (χ0) is 59.7. The minimum Gasteiger partial charge on any atom is -0.504 e. The van der Waals surface area contributed by atoms with Crippen molar-refractivity contribution < 1.29 is 25.5 Å². The summed E-state index contributed by atoms with van der Waals surface area (Å²) in [5, 5.41) is 53.3. The van der Waals surface area contributed by atoms with E-state index in [0.29, 0.717) is 5.56 Å². The number of phenols is 5. The van der Waals surface area contributed by atoms with Crippen LogP contribution in [-0.4, -0.2) is 32.6 Å². The minimum absolute atomic E-state index is 0.180. The number of para-hydroxylation sites is 2. The first-order valence-corrected chi connectivity index (χ1v) is 29.5. The van der Waals surface area contributed by atoms with Crippen LogP contribution in [0.4, 0.5) is 28.4 Å². The number of nitrogens with zero attached hydrogens (tertiary/aromatic N) is 2. The molecule has 422 valence electrons. The first-order valence-electron chi connectivity index (χ1n) is 29.5. The SMILES string of the molecule is CN(c1ccc(-c2ccc(N(c3ccccc3)c3ccccc3)cc2)cc1)c1ccc2c(c1)C(c1ccccc1)(c1ccccc1)c1cc(-c3c(O)c(O)c(O)c(O)c3O)ccc1-2.c1ccc2c(c1)-c1ccccc1C21c2ccccc2-c2ccccc21. The van der Waals surface area contributed by atoms with Crippen LogP contribution in [0.1, 0.15) is 44.5 Å². The van der Waals surface area contributed by atoms with Crippen LogP contribution in [0.3, 0.4) is 0 Å². The summed E-state index contributed by atoms with van der Waals surface area (Å²) < 4.78 is 0. The van der Waals surface area contributed by atoms with Gasteiger partial charge in [-0.15, -0.1) is 0 Å². The average Bonchev–Trinajstić information content (AvgIpc) is 1.53. The van der Waals surface area contributed by atoms with Crippen molar-refractivity contribution in [2.45, 2.75) is 10.8 Å². The number of phenolic OH excluding ortho intramolecular Hbond substituents is 5. The monoisotopic (exact) mass is 1140 g/mol. The van der Waals surface area contributed by atoms with Gasteiger partial charge in [0.15, 0.2) is 11.5 Å². The van der Waals surface area contributed by atoms with Crippen molar-refractivity contribution in [2.75, 3.05) is 16.8 Å². The summed E-state index contributed by atoms with van der Waals surface area (Å²) in [4.78, 5) is 4.43. The van der Waals surface area contributed by atoms with Crippen LogP contribution in [0.25, 0.3) is 55.6 Å². The van der Waals surface area contributed by atoms with E-state index < -0.39 is 34.2 Å². The van der Waals surface area contributed by atoms with E-state index in [1.807, 2.05) is 60.7 Å². The fraction of sp³-hybridized carbons (Fsp3) is 0.0370. The summed E-state index contributed by atoms with van der Waals surface area (Å²) in [6.07, 6.45) is 0. The molecular weight excluding hydrogens is 1080 g/mol. The fourth-order valence-electron chi connectivity index (χ4n) is 14.3. The molecule has 16 rings (SSSR count). The highest BCUT2D eigenvalue weighted by atomic mass is 16.4. The van der Waals surface area contributed by atoms with Crippen LogP contribution >= 0.6 is 0 Å². The molecule has 7 heteroatoms. The summed E-state index contributed by atoms with van der Waals surface area (Å²) in [6, 6.07) is 106. The van der Waals surface area contributed by atoms with Gasteiger partial charge in [-0.1, -0.05) is 237 Å². The fourth-order valence-corrected chi connectivity index (χ4v) is 14.3. The van der Waals surface area contributed by atoms with Crippen molar-refractivity contribution in [1.29, 1.82) is 0 Å². The zero-order valence-corrected chi connectivity index (χ0v) is 48.0. The minimum atomic E-state index is -1.000. The molecule has 3 aliphatic rings. The standard InChI is InChI=1S/C56H42N2O5.C25H16/c1-57(41-27-22-36(23-28-41)37-24-29-44(30-25-37)58(42-18-10-4-11-19-42)43-20-12-5-13-21-43)45-31-33-47-46-32-26-38(50-51(59)53(61)55(63)54(62)52(50)60)34-48(46)56(49(47)35-45,39-14-6-2-7-15-39)40-16-8-3-9-17-40;1-5-13-21-17(9-1)18-10-2-6-14-22(18)25(21)23-15-7-3-11-19(23)20-12-4-8-16-24(20)25/h2-35,59-63H,1H3;1-16H. The Kier molecular flexibility index (Phi) is 12.8. The van der Waals surface area contributed by atoms with Crippen molar-refractivity contribution >= 4 is 28.4 Å². The van der Waals surface area contributed by atoms with Crippen LogP contribution in [0, 0.1) is 0 Å². The Morgan fingerprint density at radius 1 is 0.239 bits per heavy atom. The van der Waals surface area contributed by atoms with Crippen molar-refractivity contribution in [3.05, 3.63) is 348 Å². The molecule has 0 bridgehead atoms. The van der Waals surface area contributed by atoms with Gasteiger partial charge in [0.1, 0.15) is 0 Å². The molecule has 13 aromatic carbocycles. The maximum absolute atomic E-state index is 11.0. The smallest absolute Gasteiger partial charge is 0.208 e. The summed E-state index contributed by atoms with van der Waals surface area (Å²) in [5.74, 6) is -4.33. The molecule has 0 aliphatic heterocycles. The molecule has 0 heterocycles. The van der Waals surface area contributed by atoms with Gasteiger partial charge >= 0.3 is 0 Å². The Hall–Kier alpha value is -11.5. The summed E-state index contributed by atoms with van der Waals surface area (Å²) in [7, 11) is 2.06. The van der Waals surface area contributed by atoms with Crippen molar-refractivity contribution in [3.8, 4) is 84.4 Å². The Balaban J connectivity index is 0.000000214. The predicted molar refractivity (Wildman–Crippen MR) is 355 cm³/mol. The Bertz CT molecular complexity index is 4510. The topological polar surface area (TPSA) is 108 Å². The van der Waals surface area contributed by atoms with Crippen molar-refractivity contribution in [2.24, 2.45) is 0 Å². The second-order valence-electron chi connectivity index (χ2n) is 22.7. The van der Waals surface area contributed by atoms with Gasteiger partial charge in [-0.3, -0.25) is 0 Å². The largest absolute Gasteiger partial charge is 0.504 e. The molecule has 5 N–H and O–H groups in total. The third kappa shape index (κ3) is 8.12. The van der Waals surface area contributed by atoms with Crippen LogP contribution in [-0.2, 0) is 10.8 Å². The second-order valence-corrected chi connectivity index (χ2v) is 22.7. The molecule has 0 aromatic heterocycles. The van der Waals surface area contributed by atoms with Gasteiger partial charge in [0.05, 0.1) is 16.4 Å². The van der Waals surface area contributed by atoms with Gasteiger partial charge in [-0.25, -0.2) is 0 Å². The highest BCUT2D eigenvalue weighted by Gasteiger charge is 2.51. The first-order chi connectivity index (χ1) is 43.2. The lowest BCUT2D eigenvalue weighted by atomic mass is 9.67. The molecule has 13 aromatic rings. The predicted octanol–water partition coefficient (Wildman–Crippen LogP) is 19.2. The first kappa shape index (κ1) is 53.2. The lowest BCUT2D eigenvalue weighted by Crippen LogP contribution is -2.28. The molecule has 7 nitrogen and oxygen atoms in total. The zero-order valence-electron chi connectivity index (χ0n) is 48.0. The molecular formula is C81H58N2O5. The Morgan fingerprint density at radius 3 is 0.977 bits per heavy atom. The molecule has 88 heavy (non-hydrogen) atoms. The summed E-state index contributed by atoms with van der Waals surface area (Å²) >= 11 is 0. The number of rotatable bonds is 9. The van der Waals surface area contributed by atoms with Crippen LogP contribution in [0.15, 0.2) is 303 Å². The second kappa shape index (κ2) is 21.2. The van der Waals surface area contributed by atoms with Crippen LogP contribution < -0.4 is 9.80 Å². The van der Waals surface area contributed by atoms with Crippen LogP contribution in [0.2, 0.25) is 0 Å². The van der Waals surface area contributed by atoms with E-state index in [-0.39, 0.29) is 11.0 Å². The summed E-state index contributed by atoms with van der Waals surface area (Å²) in [5.41, 5.74) is 23.5. The quantitative estimate of drug-likeness (QED) is 0.0724. The third-order valence-electron chi connectivity index (χ3n) is 18.2. The Morgan fingerprint density at radius 2 is 0.545 bits per heavy atom. The molecule has 0 radical (unpaired) electrons. The van der Waals surface area contributed by atoms with E-state index >= 15 is 0 Å². The lowest BCUT2D eigenvalue weighted by molar-refractivity contribution is 0.330. The molecule has 0 atom stereocenters. The number of aromatic hydroxyl groups is 5. The van der Waals surface area contributed by atoms with Gasteiger partial charge in [0.25, 0.3) is 0 Å². The average molecular weight is 1140 g/mol. The van der Waals surface area contributed by atoms with E-state index in [9.17, 15) is 25.5 Å². The molecule has 3 aliphatic carbocycles. The molecule has 0 unspecified atom stereocenters. The molecule has 1 spiro atoms. The van der Waals surface area contributed by atoms with Gasteiger partial charge in [0.2, 0.25) is 17.2 Å². The maximum Gasteiger partial charge on any atom is 0.208 e. The van der Waals surface area contributed by atoms with Crippen molar-refractivity contribution in [3.63, 3.8) is 0 Å². The van der Waals surface area contributed by atoms with E-state index in [0.717, 1.165) is 72.9 Å². The van der Waals surface area contributed by atoms with Crippen molar-refractivity contribution in [1.82, 2.24) is 0 Å². The van der Waals surface area contributed by atoms with Crippen LogP contribution in [0.5, 0.6) is 28.7 Å². The number of anilines is 5. The summed E-state index contributed by atoms with van der Waals surface area (Å²) in [6.45, 7) is 0. The third-order valence-corrected chi connectivity index (χ3v) is 18.2. The number of hydrogen-bond acceptors (Lipinski definition) is 7. The van der Waals surface area contributed by atoms with E-state index in [1.165, 1.54) is 44.5 Å². The number of hydrogen-bond donors (Lipinski definition) is 5. The highest BCUT2D eigenvalue weighted by Crippen LogP contribution is 2.63. The van der Waals surface area contributed by atoms with Gasteiger partial charge in [-0.05, 0) is 161 Å². The van der Waals surface area contributed by atoms with E-state index in [1.54, 1.807) is 6.07 Å². The normalized spacial score (nSPS) is 13.0. The molecule has 0 saturated heterocycles. The molecule has 0 fully saturated rings.